The number of pyridine rings is 2. The molecule has 1 amide bonds. The Morgan fingerprint density at radius 3 is 2.63 bits per heavy atom. The molecule has 1 saturated carbocycles. The number of halogens is 1. The highest BCUT2D eigenvalue weighted by Gasteiger charge is 2.24. The van der Waals surface area contributed by atoms with E-state index in [9.17, 15) is 4.79 Å². The van der Waals surface area contributed by atoms with Crippen molar-refractivity contribution in [3.8, 4) is 22.1 Å². The van der Waals surface area contributed by atoms with Gasteiger partial charge in [0.1, 0.15) is 17.0 Å². The lowest BCUT2D eigenvalue weighted by Gasteiger charge is -2.27. The third-order valence-corrected chi connectivity index (χ3v) is 6.64. The lowest BCUT2D eigenvalue weighted by molar-refractivity contribution is 0.00286. The summed E-state index contributed by atoms with van der Waals surface area (Å²) >= 11 is 7.31. The number of amides is 1. The molecule has 9 nitrogen and oxygen atoms in total. The van der Waals surface area contributed by atoms with Gasteiger partial charge in [0, 0.05) is 29.6 Å². The molecule has 1 N–H and O–H groups in total. The van der Waals surface area contributed by atoms with E-state index in [4.69, 9.17) is 25.8 Å². The number of anilines is 1. The van der Waals surface area contributed by atoms with Gasteiger partial charge >= 0.3 is 0 Å². The first-order chi connectivity index (χ1) is 17.0. The number of rotatable bonds is 9. The standard InChI is InChI=1S/C24H28ClN5O4S/c1-4-9-33-15-5-7-16(8-6-15)34-24-30-29-23(35-24)28-22(31)19-12-26-14(2)10-17(19)18-11-21(25)27-13-20(18)32-3/h10-13,15-16H,4-9H2,1-3H3,(H,28,29,31). The molecule has 0 bridgehead atoms. The SMILES string of the molecule is CCCOC1CCC(Oc2nnc(NC(=O)c3cnc(C)cc3-c3cc(Cl)ncc3OC)s2)CC1. The number of aryl methyl sites for hydroxylation is 1. The van der Waals surface area contributed by atoms with E-state index in [2.05, 4.69) is 32.4 Å². The van der Waals surface area contributed by atoms with Crippen LogP contribution in [0.25, 0.3) is 11.1 Å². The van der Waals surface area contributed by atoms with Gasteiger partial charge in [-0.15, -0.1) is 5.10 Å². The first kappa shape index (κ1) is 25.3. The molecular formula is C24H28ClN5O4S. The molecule has 0 radical (unpaired) electrons. The van der Waals surface area contributed by atoms with Crippen LogP contribution in [0.4, 0.5) is 5.13 Å². The van der Waals surface area contributed by atoms with Crippen molar-refractivity contribution in [1.29, 1.82) is 0 Å². The summed E-state index contributed by atoms with van der Waals surface area (Å²) < 4.78 is 17.3. The van der Waals surface area contributed by atoms with E-state index in [-0.39, 0.29) is 12.0 Å². The molecule has 0 spiro atoms. The van der Waals surface area contributed by atoms with Gasteiger partial charge < -0.3 is 14.2 Å². The molecule has 11 heteroatoms. The summed E-state index contributed by atoms with van der Waals surface area (Å²) in [7, 11) is 1.54. The Kier molecular flexibility index (Phi) is 8.48. The molecule has 4 rings (SSSR count). The molecule has 186 valence electrons. The number of carbonyl (C=O) groups is 1. The third-order valence-electron chi connectivity index (χ3n) is 5.70. The number of hydrogen-bond donors (Lipinski definition) is 1. The van der Waals surface area contributed by atoms with Gasteiger partial charge in [-0.2, -0.15) is 0 Å². The van der Waals surface area contributed by atoms with Gasteiger partial charge in [-0.1, -0.05) is 23.6 Å². The van der Waals surface area contributed by atoms with Gasteiger partial charge in [0.2, 0.25) is 5.13 Å². The molecule has 0 aromatic carbocycles. The van der Waals surface area contributed by atoms with Crippen molar-refractivity contribution in [3.63, 3.8) is 0 Å². The molecule has 1 aliphatic rings. The van der Waals surface area contributed by atoms with Gasteiger partial charge in [0.05, 0.1) is 25.0 Å². The average Bonchev–Trinajstić information content (AvgIpc) is 3.29. The monoisotopic (exact) mass is 517 g/mol. The molecule has 3 aromatic heterocycles. The van der Waals surface area contributed by atoms with E-state index in [1.54, 1.807) is 12.1 Å². The Bertz CT molecular complexity index is 1170. The van der Waals surface area contributed by atoms with Gasteiger partial charge in [-0.05, 0) is 62.5 Å². The van der Waals surface area contributed by atoms with Gasteiger partial charge in [0.25, 0.3) is 11.1 Å². The normalized spacial score (nSPS) is 17.7. The molecule has 0 unspecified atom stereocenters. The van der Waals surface area contributed by atoms with Crippen LogP contribution < -0.4 is 14.8 Å². The van der Waals surface area contributed by atoms with Crippen molar-refractivity contribution < 1.29 is 19.0 Å². The quantitative estimate of drug-likeness (QED) is 0.379. The summed E-state index contributed by atoms with van der Waals surface area (Å²) in [5.41, 5.74) is 2.36. The fourth-order valence-corrected chi connectivity index (χ4v) is 4.78. The summed E-state index contributed by atoms with van der Waals surface area (Å²) in [6.45, 7) is 4.76. The van der Waals surface area contributed by atoms with Gasteiger partial charge in [-0.3, -0.25) is 15.1 Å². The van der Waals surface area contributed by atoms with Crippen LogP contribution in [0.3, 0.4) is 0 Å². The zero-order valence-corrected chi connectivity index (χ0v) is 21.5. The predicted molar refractivity (Wildman–Crippen MR) is 135 cm³/mol. The second-order valence-electron chi connectivity index (χ2n) is 8.29. The Morgan fingerprint density at radius 2 is 1.89 bits per heavy atom. The van der Waals surface area contributed by atoms with Crippen molar-refractivity contribution in [1.82, 2.24) is 20.2 Å². The first-order valence-electron chi connectivity index (χ1n) is 11.6. The summed E-state index contributed by atoms with van der Waals surface area (Å²) in [5.74, 6) is 0.120. The minimum absolute atomic E-state index is 0.0739. The van der Waals surface area contributed by atoms with Crippen molar-refractivity contribution in [2.45, 2.75) is 58.2 Å². The zero-order valence-electron chi connectivity index (χ0n) is 19.9. The van der Waals surface area contributed by atoms with Crippen molar-refractivity contribution in [2.75, 3.05) is 19.0 Å². The number of ether oxygens (including phenoxy) is 3. The fourth-order valence-electron chi connectivity index (χ4n) is 3.97. The zero-order chi connectivity index (χ0) is 24.8. The van der Waals surface area contributed by atoms with Crippen LogP contribution in [-0.4, -0.2) is 52.0 Å². The van der Waals surface area contributed by atoms with Crippen LogP contribution >= 0.6 is 22.9 Å². The largest absolute Gasteiger partial charge is 0.494 e. The van der Waals surface area contributed by atoms with E-state index in [1.807, 2.05) is 6.92 Å². The maximum absolute atomic E-state index is 13.2. The third kappa shape index (κ3) is 6.45. The molecular weight excluding hydrogens is 490 g/mol. The summed E-state index contributed by atoms with van der Waals surface area (Å²) in [5, 5.41) is 12.1. The lowest BCUT2D eigenvalue weighted by Crippen LogP contribution is -2.28. The average molecular weight is 518 g/mol. The second kappa shape index (κ2) is 11.7. The van der Waals surface area contributed by atoms with Crippen LogP contribution in [0, 0.1) is 6.92 Å². The number of nitrogens with one attached hydrogen (secondary N) is 1. The fraction of sp³-hybridized carbons (Fsp3) is 0.458. The highest BCUT2D eigenvalue weighted by Crippen LogP contribution is 2.35. The molecule has 1 aliphatic carbocycles. The highest BCUT2D eigenvalue weighted by atomic mass is 35.5. The van der Waals surface area contributed by atoms with Crippen LogP contribution in [-0.2, 0) is 4.74 Å². The number of hydrogen-bond acceptors (Lipinski definition) is 9. The van der Waals surface area contributed by atoms with Crippen LogP contribution in [0.15, 0.2) is 24.5 Å². The van der Waals surface area contributed by atoms with Crippen LogP contribution in [0.2, 0.25) is 5.15 Å². The van der Waals surface area contributed by atoms with E-state index >= 15 is 0 Å². The molecule has 1 fully saturated rings. The van der Waals surface area contributed by atoms with Crippen molar-refractivity contribution in [2.24, 2.45) is 0 Å². The van der Waals surface area contributed by atoms with E-state index in [0.29, 0.717) is 44.0 Å². The number of nitrogens with zero attached hydrogens (tertiary/aromatic N) is 4. The summed E-state index contributed by atoms with van der Waals surface area (Å²) in [6, 6.07) is 3.46. The molecule has 3 heterocycles. The number of aromatic nitrogens is 4. The predicted octanol–water partition coefficient (Wildman–Crippen LogP) is 5.33. The van der Waals surface area contributed by atoms with Crippen LogP contribution in [0.5, 0.6) is 10.9 Å². The first-order valence-corrected chi connectivity index (χ1v) is 12.8. The molecule has 35 heavy (non-hydrogen) atoms. The Balaban J connectivity index is 1.44. The Labute approximate surface area is 213 Å². The minimum Gasteiger partial charge on any atom is -0.494 e. The molecule has 0 aliphatic heterocycles. The highest BCUT2D eigenvalue weighted by molar-refractivity contribution is 7.17. The molecule has 0 saturated heterocycles. The smallest absolute Gasteiger partial charge is 0.296 e. The molecule has 0 atom stereocenters. The van der Waals surface area contributed by atoms with Gasteiger partial charge in [-0.25, -0.2) is 4.98 Å². The maximum atomic E-state index is 13.2. The Hall–Kier alpha value is -2.82. The van der Waals surface area contributed by atoms with Crippen molar-refractivity contribution >= 4 is 34.0 Å². The second-order valence-corrected chi connectivity index (χ2v) is 9.62. The minimum atomic E-state index is -0.376. The number of carbonyl (C=O) groups excluding carboxylic acids is 1. The summed E-state index contributed by atoms with van der Waals surface area (Å²) in [4.78, 5) is 21.5. The van der Waals surface area contributed by atoms with E-state index < -0.39 is 0 Å². The van der Waals surface area contributed by atoms with Crippen LogP contribution in [0.1, 0.15) is 55.1 Å². The van der Waals surface area contributed by atoms with Gasteiger partial charge in [0.15, 0.2) is 0 Å². The van der Waals surface area contributed by atoms with Crippen molar-refractivity contribution in [3.05, 3.63) is 40.9 Å². The number of methoxy groups -OCH3 is 1. The van der Waals surface area contributed by atoms with E-state index in [1.165, 1.54) is 30.8 Å². The summed E-state index contributed by atoms with van der Waals surface area (Å²) in [6.07, 6.45) is 8.21. The topological polar surface area (TPSA) is 108 Å². The van der Waals surface area contributed by atoms with E-state index in [0.717, 1.165) is 44.4 Å². The molecule has 3 aromatic rings. The lowest BCUT2D eigenvalue weighted by atomic mass is 9.95. The maximum Gasteiger partial charge on any atom is 0.296 e. The Morgan fingerprint density at radius 1 is 1.11 bits per heavy atom.